The van der Waals surface area contributed by atoms with Gasteiger partial charge in [-0.2, -0.15) is 0 Å². The molecular formula is C49H97NO5. The van der Waals surface area contributed by atoms with Crippen molar-refractivity contribution in [2.45, 2.75) is 296 Å². The molecule has 0 spiro atoms. The monoisotopic (exact) mass is 780 g/mol. The molecule has 328 valence electrons. The lowest BCUT2D eigenvalue weighted by molar-refractivity contribution is -0.151. The molecule has 0 aromatic rings. The molecule has 6 nitrogen and oxygen atoms in total. The van der Waals surface area contributed by atoms with Crippen molar-refractivity contribution in [3.8, 4) is 0 Å². The van der Waals surface area contributed by atoms with Gasteiger partial charge in [-0.3, -0.25) is 9.59 Å². The van der Waals surface area contributed by atoms with Gasteiger partial charge in [-0.1, -0.05) is 239 Å². The largest absolute Gasteiger partial charge is 0.462 e. The van der Waals surface area contributed by atoms with Crippen molar-refractivity contribution in [3.05, 3.63) is 0 Å². The highest BCUT2D eigenvalue weighted by molar-refractivity contribution is 5.77. The Kier molecular flexibility index (Phi) is 43.1. The minimum atomic E-state index is -0.777. The zero-order valence-electron chi connectivity index (χ0n) is 37.3. The van der Waals surface area contributed by atoms with Crippen LogP contribution < -0.4 is 5.32 Å². The van der Waals surface area contributed by atoms with Gasteiger partial charge in [0, 0.05) is 6.42 Å². The minimum absolute atomic E-state index is 0.0862. The summed E-state index contributed by atoms with van der Waals surface area (Å²) in [6, 6.07) is -0.690. The molecule has 6 heteroatoms. The Morgan fingerprint density at radius 1 is 0.455 bits per heavy atom. The van der Waals surface area contributed by atoms with Crippen LogP contribution in [0.5, 0.6) is 0 Å². The maximum Gasteiger partial charge on any atom is 0.306 e. The number of unbranched alkanes of at least 4 members (excludes halogenated alkanes) is 33. The number of aliphatic hydroxyl groups excluding tert-OH is 2. The predicted octanol–water partition coefficient (Wildman–Crippen LogP) is 14.4. The number of esters is 1. The van der Waals surface area contributed by atoms with Gasteiger partial charge in [0.2, 0.25) is 5.91 Å². The molecule has 0 saturated heterocycles. The number of ether oxygens (including phenoxy) is 1. The van der Waals surface area contributed by atoms with Crippen LogP contribution in [0.2, 0.25) is 0 Å². The number of carbonyl (C=O) groups is 2. The van der Waals surface area contributed by atoms with Gasteiger partial charge in [0.15, 0.2) is 0 Å². The summed E-state index contributed by atoms with van der Waals surface area (Å²) in [5, 5.41) is 23.6. The van der Waals surface area contributed by atoms with E-state index in [4.69, 9.17) is 4.74 Å². The van der Waals surface area contributed by atoms with Gasteiger partial charge in [0.05, 0.1) is 25.2 Å². The lowest BCUT2D eigenvalue weighted by Crippen LogP contribution is -2.46. The third kappa shape index (κ3) is 39.5. The fourth-order valence-corrected chi connectivity index (χ4v) is 7.90. The molecule has 3 N–H and O–H groups in total. The number of carbonyl (C=O) groups excluding carboxylic acids is 2. The summed E-state index contributed by atoms with van der Waals surface area (Å²) in [6.45, 7) is 6.47. The van der Waals surface area contributed by atoms with Crippen molar-refractivity contribution in [1.29, 1.82) is 0 Å². The molecule has 55 heavy (non-hydrogen) atoms. The number of hydrogen-bond donors (Lipinski definition) is 3. The first-order valence-electron chi connectivity index (χ1n) is 24.8. The molecule has 0 aliphatic heterocycles. The lowest BCUT2D eigenvalue weighted by atomic mass is 10.0. The first-order chi connectivity index (χ1) is 27.0. The second-order valence-electron chi connectivity index (χ2n) is 17.2. The second kappa shape index (κ2) is 44.0. The van der Waals surface area contributed by atoms with Gasteiger partial charge in [-0.25, -0.2) is 0 Å². The average molecular weight is 780 g/mol. The molecule has 3 unspecified atom stereocenters. The Labute approximate surface area is 343 Å². The van der Waals surface area contributed by atoms with E-state index in [0.29, 0.717) is 19.3 Å². The van der Waals surface area contributed by atoms with Crippen LogP contribution in [0.25, 0.3) is 0 Å². The highest BCUT2D eigenvalue weighted by atomic mass is 16.5. The zero-order chi connectivity index (χ0) is 40.3. The van der Waals surface area contributed by atoms with Gasteiger partial charge in [0.25, 0.3) is 0 Å². The van der Waals surface area contributed by atoms with Crippen molar-refractivity contribution >= 4 is 11.9 Å². The Morgan fingerprint density at radius 3 is 1.11 bits per heavy atom. The van der Waals surface area contributed by atoms with E-state index in [0.717, 1.165) is 38.5 Å². The minimum Gasteiger partial charge on any atom is -0.462 e. The van der Waals surface area contributed by atoms with E-state index in [2.05, 4.69) is 26.1 Å². The highest BCUT2D eigenvalue weighted by Crippen LogP contribution is 2.18. The number of rotatable bonds is 45. The molecule has 0 fully saturated rings. The molecule has 0 rings (SSSR count). The van der Waals surface area contributed by atoms with E-state index in [9.17, 15) is 19.8 Å². The van der Waals surface area contributed by atoms with Crippen LogP contribution in [0, 0.1) is 0 Å². The number of amides is 1. The smallest absolute Gasteiger partial charge is 0.306 e. The molecule has 0 heterocycles. The maximum absolute atomic E-state index is 13.1. The van der Waals surface area contributed by atoms with Crippen molar-refractivity contribution in [3.63, 3.8) is 0 Å². The molecule has 1 amide bonds. The molecule has 0 saturated carbocycles. The lowest BCUT2D eigenvalue weighted by Gasteiger charge is -2.24. The van der Waals surface area contributed by atoms with Gasteiger partial charge >= 0.3 is 5.97 Å². The zero-order valence-corrected chi connectivity index (χ0v) is 37.3. The fraction of sp³-hybridized carbons (Fsp3) is 0.959. The predicted molar refractivity (Wildman–Crippen MR) is 237 cm³/mol. The standard InChI is InChI=1S/C49H97NO5/c1-4-7-10-13-16-19-21-22-23-24-25-26-27-28-30-33-36-39-42-49(54)55-45(40-37-34-31-18-15-12-9-6-3)43-48(53)50-46(44-51)47(52)41-38-35-32-29-20-17-14-11-8-5-2/h45-47,51-52H,4-44H2,1-3H3,(H,50,53). The summed E-state index contributed by atoms with van der Waals surface area (Å²) in [5.41, 5.74) is 0. The summed E-state index contributed by atoms with van der Waals surface area (Å²) in [7, 11) is 0. The Balaban J connectivity index is 4.34. The number of nitrogens with one attached hydrogen (secondary N) is 1. The molecular weight excluding hydrogens is 683 g/mol. The fourth-order valence-electron chi connectivity index (χ4n) is 7.90. The normalized spacial score (nSPS) is 13.2. The summed E-state index contributed by atoms with van der Waals surface area (Å²) in [4.78, 5) is 26.0. The first-order valence-corrected chi connectivity index (χ1v) is 24.8. The summed E-state index contributed by atoms with van der Waals surface area (Å²) in [6.07, 6.45) is 46.0. The van der Waals surface area contributed by atoms with Crippen molar-refractivity contribution in [1.82, 2.24) is 5.32 Å². The SMILES string of the molecule is CCCCCCCCCCCCCCCCCCCCC(=O)OC(CCCCCCCCCC)CC(=O)NC(CO)C(O)CCCCCCCCCCCC. The van der Waals surface area contributed by atoms with Gasteiger partial charge < -0.3 is 20.3 Å². The van der Waals surface area contributed by atoms with Crippen LogP contribution in [0.4, 0.5) is 0 Å². The number of hydrogen-bond acceptors (Lipinski definition) is 5. The van der Waals surface area contributed by atoms with Gasteiger partial charge in [-0.15, -0.1) is 0 Å². The van der Waals surface area contributed by atoms with Gasteiger partial charge in [0.1, 0.15) is 6.10 Å². The third-order valence-electron chi connectivity index (χ3n) is 11.7. The van der Waals surface area contributed by atoms with E-state index in [1.807, 2.05) is 0 Å². The molecule has 0 aromatic heterocycles. The van der Waals surface area contributed by atoms with Gasteiger partial charge in [-0.05, 0) is 25.7 Å². The molecule has 0 aromatic carbocycles. The van der Waals surface area contributed by atoms with Crippen LogP contribution >= 0.6 is 0 Å². The third-order valence-corrected chi connectivity index (χ3v) is 11.7. The van der Waals surface area contributed by atoms with Crippen molar-refractivity contribution in [2.75, 3.05) is 6.61 Å². The summed E-state index contributed by atoms with van der Waals surface area (Å²) < 4.78 is 5.90. The topological polar surface area (TPSA) is 95.9 Å². The highest BCUT2D eigenvalue weighted by Gasteiger charge is 2.24. The Hall–Kier alpha value is -1.14. The molecule has 0 bridgehead atoms. The molecule has 0 radical (unpaired) electrons. The van der Waals surface area contributed by atoms with Crippen LogP contribution in [0.1, 0.15) is 278 Å². The van der Waals surface area contributed by atoms with E-state index in [-0.39, 0.29) is 24.9 Å². The maximum atomic E-state index is 13.1. The first kappa shape index (κ1) is 53.9. The quantitative estimate of drug-likeness (QED) is 0.0422. The van der Waals surface area contributed by atoms with Crippen molar-refractivity contribution in [2.24, 2.45) is 0 Å². The average Bonchev–Trinajstić information content (AvgIpc) is 3.18. The van der Waals surface area contributed by atoms with Crippen molar-refractivity contribution < 1.29 is 24.5 Å². The van der Waals surface area contributed by atoms with Crippen LogP contribution in [-0.2, 0) is 14.3 Å². The summed E-state index contributed by atoms with van der Waals surface area (Å²) in [5.74, 6) is -0.458. The van der Waals surface area contributed by atoms with E-state index in [1.165, 1.54) is 193 Å². The Morgan fingerprint density at radius 2 is 0.764 bits per heavy atom. The second-order valence-corrected chi connectivity index (χ2v) is 17.2. The molecule has 0 aliphatic rings. The molecule has 3 atom stereocenters. The Bertz CT molecular complexity index is 791. The van der Waals surface area contributed by atoms with E-state index < -0.39 is 18.2 Å². The van der Waals surface area contributed by atoms with E-state index >= 15 is 0 Å². The van der Waals surface area contributed by atoms with Crippen LogP contribution in [-0.4, -0.2) is 46.9 Å². The summed E-state index contributed by atoms with van der Waals surface area (Å²) >= 11 is 0. The van der Waals surface area contributed by atoms with Crippen LogP contribution in [0.3, 0.4) is 0 Å². The van der Waals surface area contributed by atoms with Crippen LogP contribution in [0.15, 0.2) is 0 Å². The molecule has 0 aliphatic carbocycles. The van der Waals surface area contributed by atoms with E-state index in [1.54, 1.807) is 0 Å². The number of aliphatic hydroxyl groups is 2.